The number of allylic oxidation sites excluding steroid dienone is 2. The number of carbonyl (C=O) groups excluding carboxylic acids is 2. The van der Waals surface area contributed by atoms with Gasteiger partial charge in [0.1, 0.15) is 19.1 Å². The van der Waals surface area contributed by atoms with Crippen LogP contribution in [0.25, 0.3) is 0 Å². The van der Waals surface area contributed by atoms with Crippen LogP contribution >= 0.6 is 11.6 Å². The molecule has 1 aliphatic heterocycles. The first-order valence-corrected chi connectivity index (χ1v) is 12.2. The predicted molar refractivity (Wildman–Crippen MR) is 134 cm³/mol. The molecule has 2 unspecified atom stereocenters. The van der Waals surface area contributed by atoms with Gasteiger partial charge in [0.05, 0.1) is 40.5 Å². The van der Waals surface area contributed by atoms with Crippen molar-refractivity contribution >= 4 is 23.5 Å². The van der Waals surface area contributed by atoms with Crippen molar-refractivity contribution in [1.29, 1.82) is 0 Å². The number of esters is 2. The maximum Gasteiger partial charge on any atom is 0.418 e. The highest BCUT2D eigenvalue weighted by atomic mass is 35.5. The van der Waals surface area contributed by atoms with E-state index in [1.54, 1.807) is 0 Å². The maximum atomic E-state index is 15.2. The molecule has 0 saturated carbocycles. The number of carbonyl (C=O) groups is 2. The minimum absolute atomic E-state index is 0.106. The Morgan fingerprint density at radius 2 is 1.77 bits per heavy atom. The number of hydrogen-bond donors (Lipinski definition) is 2. The Bertz CT molecular complexity index is 1300. The lowest BCUT2D eigenvalue weighted by Crippen LogP contribution is -2.35. The summed E-state index contributed by atoms with van der Waals surface area (Å²) in [4.78, 5) is 26.0. The van der Waals surface area contributed by atoms with Crippen molar-refractivity contribution in [2.45, 2.75) is 32.0 Å². The summed E-state index contributed by atoms with van der Waals surface area (Å²) in [7, 11) is 0.921. The van der Waals surface area contributed by atoms with Crippen LogP contribution in [0.15, 0.2) is 65.0 Å². The van der Waals surface area contributed by atoms with E-state index in [2.05, 4.69) is 15.4 Å². The van der Waals surface area contributed by atoms with E-state index in [1.807, 2.05) is 37.3 Å². The first-order valence-electron chi connectivity index (χ1n) is 11.8. The molecule has 0 aromatic heterocycles. The van der Waals surface area contributed by atoms with Gasteiger partial charge in [-0.2, -0.15) is 13.2 Å². The summed E-state index contributed by atoms with van der Waals surface area (Å²) in [5, 5.41) is 4.79. The van der Waals surface area contributed by atoms with E-state index in [0.29, 0.717) is 12.1 Å². The molecule has 0 spiro atoms. The number of hydrogen-bond acceptors (Lipinski definition) is 6. The first-order chi connectivity index (χ1) is 18.4. The highest BCUT2D eigenvalue weighted by Gasteiger charge is 2.46. The smallest absolute Gasteiger partial charge is 0.418 e. The third-order valence-electron chi connectivity index (χ3n) is 6.20. The van der Waals surface area contributed by atoms with Gasteiger partial charge in [-0.05, 0) is 31.5 Å². The SMILES string of the molecule is COC(=O)C1=C(CF)NC(C)=C(C(=O)OCCNC(C)c2ccccc2)C1c1c(F)ccc(Cl)c1C(F)(F)F. The number of methoxy groups -OCH3 is 1. The van der Waals surface area contributed by atoms with E-state index >= 15 is 4.39 Å². The monoisotopic (exact) mass is 572 g/mol. The predicted octanol–water partition coefficient (Wildman–Crippen LogP) is 5.75. The molecule has 0 aliphatic carbocycles. The van der Waals surface area contributed by atoms with Crippen LogP contribution in [0.5, 0.6) is 0 Å². The van der Waals surface area contributed by atoms with Crippen LogP contribution in [-0.4, -0.2) is 38.9 Å². The minimum Gasteiger partial charge on any atom is -0.466 e. The van der Waals surface area contributed by atoms with Crippen LogP contribution in [0, 0.1) is 5.82 Å². The van der Waals surface area contributed by atoms with E-state index in [1.165, 1.54) is 6.92 Å². The van der Waals surface area contributed by atoms with Crippen molar-refractivity contribution in [3.05, 3.63) is 92.5 Å². The normalized spacial score (nSPS) is 16.6. The van der Waals surface area contributed by atoms with Gasteiger partial charge in [0.2, 0.25) is 0 Å². The second kappa shape index (κ2) is 12.6. The van der Waals surface area contributed by atoms with Crippen LogP contribution in [0.4, 0.5) is 22.0 Å². The average Bonchev–Trinajstić information content (AvgIpc) is 2.90. The van der Waals surface area contributed by atoms with Gasteiger partial charge in [-0.3, -0.25) is 0 Å². The molecule has 3 rings (SSSR count). The molecule has 2 aromatic rings. The van der Waals surface area contributed by atoms with E-state index in [-0.39, 0.29) is 24.9 Å². The zero-order valence-corrected chi connectivity index (χ0v) is 22.0. The highest BCUT2D eigenvalue weighted by Crippen LogP contribution is 2.47. The number of ether oxygens (including phenoxy) is 2. The topological polar surface area (TPSA) is 76.7 Å². The number of rotatable bonds is 9. The van der Waals surface area contributed by atoms with Crippen molar-refractivity contribution in [1.82, 2.24) is 10.6 Å². The van der Waals surface area contributed by atoms with E-state index in [0.717, 1.165) is 12.7 Å². The number of halogens is 6. The molecule has 6 nitrogen and oxygen atoms in total. The Morgan fingerprint density at radius 3 is 2.36 bits per heavy atom. The summed E-state index contributed by atoms with van der Waals surface area (Å²) in [5.74, 6) is -5.83. The van der Waals surface area contributed by atoms with E-state index in [4.69, 9.17) is 16.3 Å². The molecule has 0 fully saturated rings. The molecule has 0 radical (unpaired) electrons. The van der Waals surface area contributed by atoms with Crippen molar-refractivity contribution in [2.24, 2.45) is 0 Å². The summed E-state index contributed by atoms with van der Waals surface area (Å²) in [6.45, 7) is 1.78. The van der Waals surface area contributed by atoms with Gasteiger partial charge in [0.25, 0.3) is 0 Å². The molecular weight excluding hydrogens is 547 g/mol. The number of nitrogens with one attached hydrogen (secondary N) is 2. The lowest BCUT2D eigenvalue weighted by atomic mass is 9.78. The Hall–Kier alpha value is -3.44. The number of benzene rings is 2. The van der Waals surface area contributed by atoms with Crippen molar-refractivity contribution in [3.63, 3.8) is 0 Å². The molecule has 2 aromatic carbocycles. The minimum atomic E-state index is -5.18. The summed E-state index contributed by atoms with van der Waals surface area (Å²) in [6.07, 6.45) is -5.18. The molecule has 210 valence electrons. The van der Waals surface area contributed by atoms with Gasteiger partial charge < -0.3 is 20.1 Å². The van der Waals surface area contributed by atoms with Gasteiger partial charge in [-0.25, -0.2) is 18.4 Å². The third kappa shape index (κ3) is 6.59. The van der Waals surface area contributed by atoms with Crippen LogP contribution in [0.3, 0.4) is 0 Å². The van der Waals surface area contributed by atoms with Crippen molar-refractivity contribution < 1.29 is 41.0 Å². The van der Waals surface area contributed by atoms with Crippen LogP contribution in [-0.2, 0) is 25.2 Å². The second-order valence-electron chi connectivity index (χ2n) is 8.65. The molecule has 0 amide bonds. The van der Waals surface area contributed by atoms with Gasteiger partial charge >= 0.3 is 18.1 Å². The van der Waals surface area contributed by atoms with E-state index in [9.17, 15) is 27.2 Å². The number of dihydropyridines is 1. The van der Waals surface area contributed by atoms with Crippen molar-refractivity contribution in [3.8, 4) is 0 Å². The first kappa shape index (κ1) is 30.1. The Balaban J connectivity index is 2.01. The Labute approximate surface area is 226 Å². The lowest BCUT2D eigenvalue weighted by Gasteiger charge is -2.32. The molecule has 2 atom stereocenters. The fraction of sp³-hybridized carbons (Fsp3) is 0.333. The Kier molecular flexibility index (Phi) is 9.73. The quantitative estimate of drug-likeness (QED) is 0.226. The third-order valence-corrected chi connectivity index (χ3v) is 6.52. The Morgan fingerprint density at radius 1 is 1.10 bits per heavy atom. The second-order valence-corrected chi connectivity index (χ2v) is 9.06. The van der Waals surface area contributed by atoms with Gasteiger partial charge in [-0.1, -0.05) is 41.9 Å². The molecule has 1 heterocycles. The molecule has 39 heavy (non-hydrogen) atoms. The molecule has 0 saturated heterocycles. The van der Waals surface area contributed by atoms with E-state index < -0.39 is 69.5 Å². The van der Waals surface area contributed by atoms with Crippen LogP contribution in [0.2, 0.25) is 5.02 Å². The van der Waals surface area contributed by atoms with Crippen molar-refractivity contribution in [2.75, 3.05) is 26.9 Å². The summed E-state index contributed by atoms with van der Waals surface area (Å²) in [5.41, 5.74) is -3.58. The molecular formula is C27H26ClF5N2O4. The number of alkyl halides is 4. The fourth-order valence-corrected chi connectivity index (χ4v) is 4.68. The summed E-state index contributed by atoms with van der Waals surface area (Å²) in [6, 6.07) is 10.7. The molecule has 1 aliphatic rings. The van der Waals surface area contributed by atoms with Crippen LogP contribution in [0.1, 0.15) is 42.5 Å². The van der Waals surface area contributed by atoms with Crippen LogP contribution < -0.4 is 10.6 Å². The van der Waals surface area contributed by atoms with Gasteiger partial charge in [0.15, 0.2) is 0 Å². The molecule has 12 heteroatoms. The zero-order valence-electron chi connectivity index (χ0n) is 21.2. The summed E-state index contributed by atoms with van der Waals surface area (Å²) < 4.78 is 81.5. The van der Waals surface area contributed by atoms with Gasteiger partial charge in [-0.15, -0.1) is 0 Å². The van der Waals surface area contributed by atoms with Gasteiger partial charge in [0, 0.05) is 23.8 Å². The lowest BCUT2D eigenvalue weighted by molar-refractivity contribution is -0.141. The fourth-order valence-electron chi connectivity index (χ4n) is 4.41. The highest BCUT2D eigenvalue weighted by molar-refractivity contribution is 6.31. The summed E-state index contributed by atoms with van der Waals surface area (Å²) >= 11 is 5.83. The largest absolute Gasteiger partial charge is 0.466 e. The molecule has 0 bridgehead atoms. The zero-order chi connectivity index (χ0) is 28.9. The standard InChI is InChI=1S/C27H26ClF5N2O4/c1-14(16-7-5-4-6-8-16)34-11-12-39-26(37)20-15(2)35-19(13-29)22(25(36)38-3)23(20)21-18(30)10-9-17(28)24(21)27(31,32)33/h4-10,14,23,34-35H,11-13H2,1-3H3. The molecule has 2 N–H and O–H groups in total. The maximum absolute atomic E-state index is 15.2. The average molecular weight is 573 g/mol.